The van der Waals surface area contributed by atoms with Crippen molar-refractivity contribution in [2.24, 2.45) is 5.92 Å². The largest absolute Gasteiger partial charge is 0.361 e. The molecule has 0 atom stereocenters. The second-order valence-electron chi connectivity index (χ2n) is 9.44. The van der Waals surface area contributed by atoms with Crippen LogP contribution in [0.2, 0.25) is 0 Å². The predicted molar refractivity (Wildman–Crippen MR) is 145 cm³/mol. The van der Waals surface area contributed by atoms with Crippen molar-refractivity contribution in [3.05, 3.63) is 76.6 Å². The van der Waals surface area contributed by atoms with Crippen LogP contribution in [0.3, 0.4) is 0 Å². The summed E-state index contributed by atoms with van der Waals surface area (Å²) in [6.45, 7) is 9.39. The number of piperidine rings is 1. The third-order valence-electron chi connectivity index (χ3n) is 7.07. The van der Waals surface area contributed by atoms with Gasteiger partial charge in [0.15, 0.2) is 0 Å². The van der Waals surface area contributed by atoms with E-state index in [1.165, 1.54) is 29.8 Å². The third-order valence-corrected chi connectivity index (χ3v) is 7.70. The number of hydrogen-bond acceptors (Lipinski definition) is 5. The van der Waals surface area contributed by atoms with Gasteiger partial charge in [-0.15, -0.1) is 0 Å². The van der Waals surface area contributed by atoms with Crippen molar-refractivity contribution in [1.82, 2.24) is 20.0 Å². The minimum atomic E-state index is 0.749. The van der Waals surface area contributed by atoms with E-state index in [9.17, 15) is 0 Å². The number of halogens is 1. The van der Waals surface area contributed by atoms with Gasteiger partial charge in [-0.2, -0.15) is 0 Å². The van der Waals surface area contributed by atoms with Crippen LogP contribution in [0.1, 0.15) is 36.3 Å². The van der Waals surface area contributed by atoms with Crippen molar-refractivity contribution in [2.45, 2.75) is 40.0 Å². The molecule has 0 radical (unpaired) electrons. The van der Waals surface area contributed by atoms with E-state index in [-0.39, 0.29) is 0 Å². The summed E-state index contributed by atoms with van der Waals surface area (Å²) in [5, 5.41) is 7.68. The zero-order chi connectivity index (χ0) is 24.4. The first-order valence-corrected chi connectivity index (χ1v) is 13.1. The van der Waals surface area contributed by atoms with E-state index in [2.05, 4.69) is 79.6 Å². The molecule has 1 N–H and O–H groups in total. The number of rotatable bonds is 7. The number of hydrogen-bond donors (Lipinski definition) is 1. The number of anilines is 2. The van der Waals surface area contributed by atoms with Gasteiger partial charge in [-0.05, 0) is 110 Å². The second kappa shape index (κ2) is 10.4. The van der Waals surface area contributed by atoms with Gasteiger partial charge >= 0.3 is 0 Å². The molecule has 1 saturated heterocycles. The number of aryl methyl sites for hydroxylation is 3. The Morgan fingerprint density at radius 1 is 1.11 bits per heavy atom. The highest BCUT2D eigenvalue weighted by Crippen LogP contribution is 2.37. The third kappa shape index (κ3) is 5.07. The fourth-order valence-corrected chi connectivity index (χ4v) is 5.67. The van der Waals surface area contributed by atoms with Gasteiger partial charge in [-0.25, -0.2) is 4.98 Å². The SMILES string of the molecule is Cc1ccc(-c2c(C)noc2C)cc1N(CCC1CCNCC1)c1ccc(-n2ccnc2)c(Br)c1. The summed E-state index contributed by atoms with van der Waals surface area (Å²) in [7, 11) is 0. The summed E-state index contributed by atoms with van der Waals surface area (Å²) in [6.07, 6.45) is 9.25. The molecule has 2 aromatic heterocycles. The Hall–Kier alpha value is -2.90. The van der Waals surface area contributed by atoms with Crippen molar-refractivity contribution in [3.63, 3.8) is 0 Å². The zero-order valence-corrected chi connectivity index (χ0v) is 22.2. The molecule has 0 bridgehead atoms. The molecule has 0 unspecified atom stereocenters. The molecule has 5 rings (SSSR count). The molecule has 0 amide bonds. The Kier molecular flexibility index (Phi) is 7.07. The van der Waals surface area contributed by atoms with E-state index in [1.54, 1.807) is 6.20 Å². The highest BCUT2D eigenvalue weighted by atomic mass is 79.9. The van der Waals surface area contributed by atoms with Crippen LogP contribution < -0.4 is 10.2 Å². The molecule has 35 heavy (non-hydrogen) atoms. The molecular formula is C28H32BrN5O. The molecule has 7 heteroatoms. The van der Waals surface area contributed by atoms with E-state index < -0.39 is 0 Å². The molecule has 0 saturated carbocycles. The molecule has 0 aliphatic carbocycles. The van der Waals surface area contributed by atoms with E-state index in [0.717, 1.165) is 64.7 Å². The fourth-order valence-electron chi connectivity index (χ4n) is 5.10. The number of nitrogens with one attached hydrogen (secondary N) is 1. The standard InChI is InChI=1S/C28H32BrN5O/c1-19-4-5-23(28-20(2)32-35-21(28)3)16-27(19)34(14-10-22-8-11-30-12-9-22)24-6-7-26(25(29)17-24)33-15-13-31-18-33/h4-7,13,15-18,22,30H,8-12,14H2,1-3H3. The summed E-state index contributed by atoms with van der Waals surface area (Å²) in [6, 6.07) is 13.3. The van der Waals surface area contributed by atoms with Gasteiger partial charge in [0.05, 0.1) is 17.7 Å². The number of aromatic nitrogens is 3. The van der Waals surface area contributed by atoms with E-state index in [4.69, 9.17) is 4.52 Å². The molecule has 2 aromatic carbocycles. The van der Waals surface area contributed by atoms with Gasteiger partial charge in [0.1, 0.15) is 5.76 Å². The summed E-state index contributed by atoms with van der Waals surface area (Å²) in [5.41, 5.74) is 7.87. The maximum Gasteiger partial charge on any atom is 0.141 e. The lowest BCUT2D eigenvalue weighted by Crippen LogP contribution is -2.30. The van der Waals surface area contributed by atoms with E-state index in [1.807, 2.05) is 30.9 Å². The fraction of sp³-hybridized carbons (Fsp3) is 0.357. The quantitative estimate of drug-likeness (QED) is 0.285. The Morgan fingerprint density at radius 3 is 2.63 bits per heavy atom. The highest BCUT2D eigenvalue weighted by Gasteiger charge is 2.20. The van der Waals surface area contributed by atoms with Gasteiger partial charge in [0, 0.05) is 40.3 Å². The maximum atomic E-state index is 5.47. The summed E-state index contributed by atoms with van der Waals surface area (Å²) in [5.74, 6) is 1.60. The Labute approximate surface area is 215 Å². The normalized spacial score (nSPS) is 14.4. The molecule has 1 aliphatic rings. The Morgan fingerprint density at radius 2 is 1.94 bits per heavy atom. The van der Waals surface area contributed by atoms with E-state index in [0.29, 0.717) is 0 Å². The Balaban J connectivity index is 1.54. The average molecular weight is 535 g/mol. The van der Waals surface area contributed by atoms with Crippen LogP contribution in [-0.4, -0.2) is 34.3 Å². The average Bonchev–Trinajstić information content (AvgIpc) is 3.51. The topological polar surface area (TPSA) is 59.1 Å². The molecule has 1 fully saturated rings. The molecule has 6 nitrogen and oxygen atoms in total. The summed E-state index contributed by atoms with van der Waals surface area (Å²) < 4.78 is 8.54. The van der Waals surface area contributed by atoms with Gasteiger partial charge in [0.25, 0.3) is 0 Å². The van der Waals surface area contributed by atoms with Gasteiger partial charge < -0.3 is 19.3 Å². The van der Waals surface area contributed by atoms with Crippen LogP contribution in [0.5, 0.6) is 0 Å². The van der Waals surface area contributed by atoms with Crippen LogP contribution in [0.4, 0.5) is 11.4 Å². The minimum absolute atomic E-state index is 0.749. The minimum Gasteiger partial charge on any atom is -0.361 e. The summed E-state index contributed by atoms with van der Waals surface area (Å²) in [4.78, 5) is 6.67. The molecular weight excluding hydrogens is 502 g/mol. The van der Waals surface area contributed by atoms with Crippen LogP contribution in [0, 0.1) is 26.7 Å². The van der Waals surface area contributed by atoms with Crippen LogP contribution in [0.25, 0.3) is 16.8 Å². The predicted octanol–water partition coefficient (Wildman–Crippen LogP) is 6.74. The van der Waals surface area contributed by atoms with Crippen molar-refractivity contribution >= 4 is 27.3 Å². The number of nitrogens with zero attached hydrogens (tertiary/aromatic N) is 4. The first-order valence-electron chi connectivity index (χ1n) is 12.3. The molecule has 182 valence electrons. The maximum absolute atomic E-state index is 5.47. The van der Waals surface area contributed by atoms with Crippen LogP contribution in [-0.2, 0) is 0 Å². The first-order chi connectivity index (χ1) is 17.0. The lowest BCUT2D eigenvalue weighted by molar-refractivity contribution is 0.357. The second-order valence-corrected chi connectivity index (χ2v) is 10.3. The molecule has 4 aromatic rings. The van der Waals surface area contributed by atoms with Crippen LogP contribution >= 0.6 is 15.9 Å². The lowest BCUT2D eigenvalue weighted by Gasteiger charge is -2.31. The number of benzene rings is 2. The van der Waals surface area contributed by atoms with Gasteiger partial charge in [-0.1, -0.05) is 17.3 Å². The van der Waals surface area contributed by atoms with Crippen molar-refractivity contribution < 1.29 is 4.52 Å². The first kappa shape index (κ1) is 23.8. The Bertz CT molecular complexity index is 1270. The van der Waals surface area contributed by atoms with Crippen molar-refractivity contribution in [2.75, 3.05) is 24.5 Å². The monoisotopic (exact) mass is 533 g/mol. The summed E-state index contributed by atoms with van der Waals surface area (Å²) >= 11 is 3.82. The molecule has 3 heterocycles. The smallest absolute Gasteiger partial charge is 0.141 e. The zero-order valence-electron chi connectivity index (χ0n) is 20.6. The van der Waals surface area contributed by atoms with Crippen molar-refractivity contribution in [1.29, 1.82) is 0 Å². The van der Waals surface area contributed by atoms with E-state index >= 15 is 0 Å². The van der Waals surface area contributed by atoms with Gasteiger partial charge in [-0.3, -0.25) is 0 Å². The number of imidazole rings is 1. The molecule has 1 aliphatic heterocycles. The lowest BCUT2D eigenvalue weighted by atomic mass is 9.94. The van der Waals surface area contributed by atoms with Crippen LogP contribution in [0.15, 0.2) is 64.1 Å². The highest BCUT2D eigenvalue weighted by molar-refractivity contribution is 9.10. The molecule has 0 spiro atoms. The van der Waals surface area contributed by atoms with Crippen molar-refractivity contribution in [3.8, 4) is 16.8 Å². The van der Waals surface area contributed by atoms with Gasteiger partial charge in [0.2, 0.25) is 0 Å².